The second-order valence-electron chi connectivity index (χ2n) is 5.66. The molecule has 110 valence electrons. The van der Waals surface area contributed by atoms with E-state index in [0.717, 1.165) is 39.1 Å². The van der Waals surface area contributed by atoms with Gasteiger partial charge >= 0.3 is 5.97 Å². The summed E-state index contributed by atoms with van der Waals surface area (Å²) < 4.78 is 0. The first kappa shape index (κ1) is 15.0. The van der Waals surface area contributed by atoms with E-state index in [1.165, 1.54) is 16.7 Å². The van der Waals surface area contributed by atoms with Crippen molar-refractivity contribution < 1.29 is 9.90 Å². The summed E-state index contributed by atoms with van der Waals surface area (Å²) in [5.74, 6) is -0.729. The number of hydrogen-bond donors (Lipinski definition) is 1. The Hall–Kier alpha value is -1.39. The molecule has 0 amide bonds. The van der Waals surface area contributed by atoms with Crippen molar-refractivity contribution in [3.05, 3.63) is 34.9 Å². The maximum Gasteiger partial charge on any atom is 0.317 e. The first-order chi connectivity index (χ1) is 9.56. The Morgan fingerprint density at radius 3 is 2.60 bits per heavy atom. The van der Waals surface area contributed by atoms with Crippen molar-refractivity contribution in [3.8, 4) is 0 Å². The van der Waals surface area contributed by atoms with Gasteiger partial charge in [-0.2, -0.15) is 0 Å². The first-order valence-electron chi connectivity index (χ1n) is 7.28. The Kier molecular flexibility index (Phi) is 5.15. The minimum atomic E-state index is -0.729. The quantitative estimate of drug-likeness (QED) is 0.912. The van der Waals surface area contributed by atoms with E-state index in [9.17, 15) is 4.79 Å². The average molecular weight is 276 g/mol. The Bertz CT molecular complexity index is 474. The summed E-state index contributed by atoms with van der Waals surface area (Å²) in [4.78, 5) is 15.2. The van der Waals surface area contributed by atoms with Crippen LogP contribution in [0.25, 0.3) is 0 Å². The van der Waals surface area contributed by atoms with Crippen molar-refractivity contribution in [3.63, 3.8) is 0 Å². The van der Waals surface area contributed by atoms with E-state index in [-0.39, 0.29) is 6.54 Å². The van der Waals surface area contributed by atoms with Crippen LogP contribution < -0.4 is 0 Å². The molecule has 0 atom stereocenters. The molecule has 0 unspecified atom stereocenters. The number of aliphatic carboxylic acids is 1. The van der Waals surface area contributed by atoms with Crippen molar-refractivity contribution in [1.82, 2.24) is 9.80 Å². The minimum absolute atomic E-state index is 0.164. The number of hydrogen-bond acceptors (Lipinski definition) is 3. The molecule has 1 saturated heterocycles. The van der Waals surface area contributed by atoms with Crippen molar-refractivity contribution in [2.45, 2.75) is 26.8 Å². The highest BCUT2D eigenvalue weighted by atomic mass is 16.4. The molecule has 4 nitrogen and oxygen atoms in total. The molecule has 1 aromatic carbocycles. The third kappa shape index (κ3) is 4.05. The zero-order valence-electron chi connectivity index (χ0n) is 12.4. The second-order valence-corrected chi connectivity index (χ2v) is 5.66. The largest absolute Gasteiger partial charge is 0.480 e. The molecule has 1 aliphatic rings. The van der Waals surface area contributed by atoms with Crippen LogP contribution in [0.15, 0.2) is 18.2 Å². The molecular formula is C16H24N2O2. The minimum Gasteiger partial charge on any atom is -0.480 e. The Balaban J connectivity index is 1.94. The van der Waals surface area contributed by atoms with E-state index >= 15 is 0 Å². The number of carboxylic acids is 1. The lowest BCUT2D eigenvalue weighted by atomic mass is 10.0. The zero-order chi connectivity index (χ0) is 14.5. The van der Waals surface area contributed by atoms with Crippen LogP contribution >= 0.6 is 0 Å². The van der Waals surface area contributed by atoms with Gasteiger partial charge in [0, 0.05) is 26.2 Å². The lowest BCUT2D eigenvalue weighted by Crippen LogP contribution is -2.34. The van der Waals surface area contributed by atoms with Crippen LogP contribution in [-0.2, 0) is 11.3 Å². The van der Waals surface area contributed by atoms with E-state index < -0.39 is 5.97 Å². The topological polar surface area (TPSA) is 43.8 Å². The van der Waals surface area contributed by atoms with Crippen LogP contribution in [0.1, 0.15) is 23.1 Å². The van der Waals surface area contributed by atoms with Crippen molar-refractivity contribution in [2.24, 2.45) is 0 Å². The molecule has 1 N–H and O–H groups in total. The molecule has 2 rings (SSSR count). The molecule has 1 fully saturated rings. The number of nitrogens with zero attached hydrogens (tertiary/aromatic N) is 2. The van der Waals surface area contributed by atoms with Gasteiger partial charge in [-0.3, -0.25) is 14.6 Å². The maximum absolute atomic E-state index is 10.8. The van der Waals surface area contributed by atoms with Gasteiger partial charge in [0.1, 0.15) is 0 Å². The van der Waals surface area contributed by atoms with Gasteiger partial charge in [0.2, 0.25) is 0 Å². The summed E-state index contributed by atoms with van der Waals surface area (Å²) in [6.45, 7) is 9.18. The fraction of sp³-hybridized carbons (Fsp3) is 0.562. The Labute approximate surface area is 121 Å². The van der Waals surface area contributed by atoms with Gasteiger partial charge in [-0.1, -0.05) is 18.2 Å². The molecule has 1 heterocycles. The first-order valence-corrected chi connectivity index (χ1v) is 7.28. The van der Waals surface area contributed by atoms with Crippen molar-refractivity contribution in [2.75, 3.05) is 32.7 Å². The molecule has 0 bridgehead atoms. The molecule has 0 aromatic heterocycles. The van der Waals surface area contributed by atoms with Crippen LogP contribution in [0.4, 0.5) is 0 Å². The highest BCUT2D eigenvalue weighted by Gasteiger charge is 2.17. The van der Waals surface area contributed by atoms with E-state index in [4.69, 9.17) is 5.11 Å². The highest BCUT2D eigenvalue weighted by Crippen LogP contribution is 2.16. The summed E-state index contributed by atoms with van der Waals surface area (Å²) in [5.41, 5.74) is 4.10. The lowest BCUT2D eigenvalue weighted by Gasteiger charge is -2.22. The number of aryl methyl sites for hydroxylation is 1. The average Bonchev–Trinajstić information content (AvgIpc) is 2.60. The lowest BCUT2D eigenvalue weighted by molar-refractivity contribution is -0.138. The fourth-order valence-electron chi connectivity index (χ4n) is 2.76. The summed E-state index contributed by atoms with van der Waals surface area (Å²) >= 11 is 0. The highest BCUT2D eigenvalue weighted by molar-refractivity contribution is 5.69. The molecular weight excluding hydrogens is 252 g/mol. The molecule has 0 aliphatic carbocycles. The van der Waals surface area contributed by atoms with E-state index in [1.807, 2.05) is 4.90 Å². The fourth-order valence-corrected chi connectivity index (χ4v) is 2.76. The molecule has 0 radical (unpaired) electrons. The number of carboxylic acid groups (broad SMARTS) is 1. The SMILES string of the molecule is Cc1cccc(CN2CCCN(CC(=O)O)CC2)c1C. The van der Waals surface area contributed by atoms with Gasteiger partial charge in [0.15, 0.2) is 0 Å². The second kappa shape index (κ2) is 6.86. The summed E-state index contributed by atoms with van der Waals surface area (Å²) in [6.07, 6.45) is 1.04. The zero-order valence-corrected chi connectivity index (χ0v) is 12.4. The van der Waals surface area contributed by atoms with Gasteiger partial charge in [-0.05, 0) is 43.5 Å². The number of carbonyl (C=O) groups is 1. The smallest absolute Gasteiger partial charge is 0.317 e. The van der Waals surface area contributed by atoms with E-state index in [0.29, 0.717) is 0 Å². The van der Waals surface area contributed by atoms with Crippen LogP contribution in [0.2, 0.25) is 0 Å². The van der Waals surface area contributed by atoms with Crippen LogP contribution in [-0.4, -0.2) is 53.6 Å². The molecule has 4 heteroatoms. The molecule has 1 aromatic rings. The predicted octanol–water partition coefficient (Wildman–Crippen LogP) is 1.90. The van der Waals surface area contributed by atoms with Gasteiger partial charge < -0.3 is 5.11 Å². The standard InChI is InChI=1S/C16H24N2O2/c1-13-5-3-6-15(14(13)2)11-17-7-4-8-18(10-9-17)12-16(19)20/h3,5-6H,4,7-12H2,1-2H3,(H,19,20). The van der Waals surface area contributed by atoms with E-state index in [2.05, 4.69) is 36.9 Å². The monoisotopic (exact) mass is 276 g/mol. The van der Waals surface area contributed by atoms with Gasteiger partial charge in [0.05, 0.1) is 6.54 Å². The third-order valence-corrected chi connectivity index (χ3v) is 4.15. The Morgan fingerprint density at radius 1 is 1.15 bits per heavy atom. The summed E-state index contributed by atoms with van der Waals surface area (Å²) in [7, 11) is 0. The molecule has 0 saturated carbocycles. The van der Waals surface area contributed by atoms with Crippen molar-refractivity contribution >= 4 is 5.97 Å². The van der Waals surface area contributed by atoms with E-state index in [1.54, 1.807) is 0 Å². The molecule has 1 aliphatic heterocycles. The van der Waals surface area contributed by atoms with Crippen LogP contribution in [0.3, 0.4) is 0 Å². The summed E-state index contributed by atoms with van der Waals surface area (Å²) in [5, 5.41) is 8.87. The molecule has 0 spiro atoms. The Morgan fingerprint density at radius 2 is 1.85 bits per heavy atom. The molecule has 20 heavy (non-hydrogen) atoms. The predicted molar refractivity (Wildman–Crippen MR) is 79.9 cm³/mol. The summed E-state index contributed by atoms with van der Waals surface area (Å²) in [6, 6.07) is 6.46. The van der Waals surface area contributed by atoms with Gasteiger partial charge in [-0.25, -0.2) is 0 Å². The van der Waals surface area contributed by atoms with Crippen LogP contribution in [0, 0.1) is 13.8 Å². The normalized spacial score (nSPS) is 17.9. The third-order valence-electron chi connectivity index (χ3n) is 4.15. The van der Waals surface area contributed by atoms with Gasteiger partial charge in [-0.15, -0.1) is 0 Å². The maximum atomic E-state index is 10.8. The van der Waals surface area contributed by atoms with Gasteiger partial charge in [0.25, 0.3) is 0 Å². The van der Waals surface area contributed by atoms with Crippen molar-refractivity contribution in [1.29, 1.82) is 0 Å². The number of rotatable bonds is 4. The number of benzene rings is 1. The van der Waals surface area contributed by atoms with Crippen LogP contribution in [0.5, 0.6) is 0 Å².